The van der Waals surface area contributed by atoms with Gasteiger partial charge in [-0.1, -0.05) is 76.1 Å². The summed E-state index contributed by atoms with van der Waals surface area (Å²) in [5, 5.41) is 40.9. The molecule has 57 heavy (non-hydrogen) atoms. The number of phenolic OH excluding ortho intramolecular Hbond substituents is 1. The molecular weight excluding hydrogens is 734 g/mol. The number of carbonyl (C=O) groups excluding carboxylic acids is 4. The number of likely N-dealkylation sites (tertiary alicyclic amines) is 1. The molecule has 1 aliphatic heterocycles. The number of carboxylic acids is 2. The van der Waals surface area contributed by atoms with Gasteiger partial charge in [0.1, 0.15) is 29.9 Å². The summed E-state index contributed by atoms with van der Waals surface area (Å²) in [5.74, 6) is -5.67. The lowest BCUT2D eigenvalue weighted by atomic mass is 9.96. The van der Waals surface area contributed by atoms with E-state index in [0.29, 0.717) is 43.4 Å². The first-order chi connectivity index (χ1) is 27.3. The predicted octanol–water partition coefficient (Wildman–Crippen LogP) is 2.18. The van der Waals surface area contributed by atoms with Gasteiger partial charge in [0.15, 0.2) is 0 Å². The molecule has 4 rings (SSSR count). The largest absolute Gasteiger partial charge is 0.508 e. The van der Waals surface area contributed by atoms with Crippen LogP contribution >= 0.6 is 0 Å². The quantitative estimate of drug-likeness (QED) is 0.0734. The third kappa shape index (κ3) is 12.9. The van der Waals surface area contributed by atoms with Crippen molar-refractivity contribution in [1.29, 1.82) is 0 Å². The molecule has 0 aliphatic carbocycles. The number of carbonyl (C=O) groups is 6. The second kappa shape index (κ2) is 21.5. The number of rotatable bonds is 22. The number of hydrogen-bond acceptors (Lipinski definition) is 9. The Bertz CT molecular complexity index is 1790. The molecule has 3 aromatic rings. The first-order valence-electron chi connectivity index (χ1n) is 19.5. The molecule has 8 N–H and O–H groups in total. The van der Waals surface area contributed by atoms with Crippen molar-refractivity contribution in [3.8, 4) is 5.75 Å². The Morgan fingerprint density at radius 3 is 2.14 bits per heavy atom. The summed E-state index contributed by atoms with van der Waals surface area (Å²) in [5.41, 5.74) is 1.94. The number of hydrogen-bond donors (Lipinski definition) is 8. The van der Waals surface area contributed by atoms with Gasteiger partial charge in [-0.25, -0.2) is 9.78 Å². The number of aromatic hydroxyl groups is 1. The minimum absolute atomic E-state index is 0.00431. The first kappa shape index (κ1) is 44.0. The summed E-state index contributed by atoms with van der Waals surface area (Å²) in [6.07, 6.45) is 5.39. The molecule has 16 heteroatoms. The summed E-state index contributed by atoms with van der Waals surface area (Å²) >= 11 is 0. The average Bonchev–Trinajstić information content (AvgIpc) is 3.91. The molecule has 16 nitrogen and oxygen atoms in total. The zero-order valence-corrected chi connectivity index (χ0v) is 32.6. The van der Waals surface area contributed by atoms with Crippen molar-refractivity contribution < 1.29 is 44.1 Å². The van der Waals surface area contributed by atoms with E-state index in [0.717, 1.165) is 5.56 Å². The maximum absolute atomic E-state index is 14.3. The van der Waals surface area contributed by atoms with Gasteiger partial charge in [-0.3, -0.25) is 24.0 Å². The number of imidazole rings is 1. The molecule has 308 valence electrons. The number of carboxylic acid groups (broad SMARTS) is 2. The average molecular weight is 790 g/mol. The Morgan fingerprint density at radius 1 is 0.842 bits per heavy atom. The summed E-state index contributed by atoms with van der Waals surface area (Å²) in [6, 6.07) is 9.70. The Hall–Kier alpha value is -5.77. The fourth-order valence-electron chi connectivity index (χ4n) is 6.93. The van der Waals surface area contributed by atoms with E-state index in [-0.39, 0.29) is 38.1 Å². The van der Waals surface area contributed by atoms with Crippen LogP contribution in [0.5, 0.6) is 5.75 Å². The fourth-order valence-corrected chi connectivity index (χ4v) is 6.93. The standard InChI is InChI=1S/C41H55N7O9/c1-4-10-28(40(54)55)22-43-31(19-27-14-16-30(49)17-15-27)36(50)47-35(25(3)5-2)38(52)45-32(21-29-23-42-24-44-29)39(53)48-18-9-13-34(48)37(51)46-33(41(56)57)20-26-11-7-6-8-12-26/h6-8,11-12,14-17,23-25,28,31-35,43,49H,4-5,9-10,13,18-22H2,1-3H3,(H,42,44)(H,45,52)(H,46,51)(H,47,50)(H,54,55)(H,56,57)/t25-,28-,31-,32-,33-,34-,35-/m0/s1. The topological polar surface area (TPSA) is 243 Å². The highest BCUT2D eigenvalue weighted by Gasteiger charge is 2.40. The lowest BCUT2D eigenvalue weighted by Gasteiger charge is -2.31. The third-order valence-electron chi connectivity index (χ3n) is 10.4. The van der Waals surface area contributed by atoms with Gasteiger partial charge in [-0.05, 0) is 54.9 Å². The van der Waals surface area contributed by atoms with Crippen molar-refractivity contribution in [2.75, 3.05) is 13.1 Å². The first-order valence-corrected chi connectivity index (χ1v) is 19.5. The van der Waals surface area contributed by atoms with Crippen molar-refractivity contribution in [3.05, 3.63) is 83.9 Å². The maximum atomic E-state index is 14.3. The number of nitrogens with zero attached hydrogens (tertiary/aromatic N) is 2. The number of amides is 4. The molecule has 0 spiro atoms. The van der Waals surface area contributed by atoms with Crippen LogP contribution in [0.15, 0.2) is 67.1 Å². The number of aromatic nitrogens is 2. The Kier molecular flexibility index (Phi) is 16.6. The zero-order valence-electron chi connectivity index (χ0n) is 32.6. The molecule has 7 atom stereocenters. The molecule has 1 fully saturated rings. The van der Waals surface area contributed by atoms with E-state index < -0.39 is 77.6 Å². The van der Waals surface area contributed by atoms with E-state index in [2.05, 4.69) is 31.2 Å². The highest BCUT2D eigenvalue weighted by atomic mass is 16.4. The van der Waals surface area contributed by atoms with E-state index in [1.165, 1.54) is 29.6 Å². The van der Waals surface area contributed by atoms with Crippen LogP contribution < -0.4 is 21.3 Å². The minimum atomic E-state index is -1.23. The number of H-pyrrole nitrogens is 1. The van der Waals surface area contributed by atoms with Crippen LogP contribution in [0.3, 0.4) is 0 Å². The van der Waals surface area contributed by atoms with Gasteiger partial charge in [-0.15, -0.1) is 0 Å². The summed E-state index contributed by atoms with van der Waals surface area (Å²) in [7, 11) is 0. The molecule has 2 aromatic carbocycles. The van der Waals surface area contributed by atoms with Gasteiger partial charge >= 0.3 is 11.9 Å². The van der Waals surface area contributed by atoms with Crippen LogP contribution in [0.25, 0.3) is 0 Å². The number of benzene rings is 2. The molecule has 4 amide bonds. The zero-order chi connectivity index (χ0) is 41.5. The van der Waals surface area contributed by atoms with Crippen LogP contribution in [0.4, 0.5) is 0 Å². The monoisotopic (exact) mass is 789 g/mol. The van der Waals surface area contributed by atoms with Gasteiger partial charge in [0.2, 0.25) is 23.6 Å². The number of phenols is 1. The van der Waals surface area contributed by atoms with Crippen molar-refractivity contribution in [3.63, 3.8) is 0 Å². The third-order valence-corrected chi connectivity index (χ3v) is 10.4. The van der Waals surface area contributed by atoms with Gasteiger partial charge < -0.3 is 46.5 Å². The second-order valence-electron chi connectivity index (χ2n) is 14.6. The van der Waals surface area contributed by atoms with Crippen molar-refractivity contribution in [1.82, 2.24) is 36.1 Å². The van der Waals surface area contributed by atoms with Crippen LogP contribution in [0.1, 0.15) is 69.7 Å². The van der Waals surface area contributed by atoms with Crippen LogP contribution in [0.2, 0.25) is 0 Å². The molecule has 2 heterocycles. The van der Waals surface area contributed by atoms with Crippen molar-refractivity contribution in [2.45, 2.75) is 102 Å². The van der Waals surface area contributed by atoms with E-state index in [1.807, 2.05) is 13.8 Å². The molecule has 1 aliphatic rings. The molecule has 1 saturated heterocycles. The minimum Gasteiger partial charge on any atom is -0.508 e. The molecule has 0 saturated carbocycles. The van der Waals surface area contributed by atoms with Gasteiger partial charge in [0.05, 0.1) is 18.3 Å². The van der Waals surface area contributed by atoms with Gasteiger partial charge in [0.25, 0.3) is 0 Å². The van der Waals surface area contributed by atoms with Crippen molar-refractivity contribution >= 4 is 35.6 Å². The summed E-state index contributed by atoms with van der Waals surface area (Å²) in [6.45, 7) is 5.72. The summed E-state index contributed by atoms with van der Waals surface area (Å²) < 4.78 is 0. The van der Waals surface area contributed by atoms with Gasteiger partial charge in [0, 0.05) is 37.8 Å². The maximum Gasteiger partial charge on any atom is 0.326 e. The molecule has 0 radical (unpaired) electrons. The molecule has 0 bridgehead atoms. The van der Waals surface area contributed by atoms with Crippen molar-refractivity contribution in [2.24, 2.45) is 11.8 Å². The van der Waals surface area contributed by atoms with E-state index in [1.54, 1.807) is 49.4 Å². The number of aromatic amines is 1. The van der Waals surface area contributed by atoms with Crippen LogP contribution in [-0.4, -0.2) is 109 Å². The Morgan fingerprint density at radius 2 is 1.53 bits per heavy atom. The smallest absolute Gasteiger partial charge is 0.326 e. The Labute approximate surface area is 332 Å². The SMILES string of the molecule is CCC[C@@H](CN[C@@H](Cc1ccc(O)cc1)C(=O)N[C@H](C(=O)N[C@@H](Cc1cnc[nH]1)C(=O)N1CCC[C@H]1C(=O)N[C@@H](Cc1ccccc1)C(=O)O)[C@@H](C)CC)C(=O)O. The predicted molar refractivity (Wildman–Crippen MR) is 210 cm³/mol. The molecular formula is C41H55N7O9. The highest BCUT2D eigenvalue weighted by Crippen LogP contribution is 2.21. The lowest BCUT2D eigenvalue weighted by molar-refractivity contribution is -0.145. The number of nitrogens with one attached hydrogen (secondary N) is 5. The number of aliphatic carboxylic acids is 2. The van der Waals surface area contributed by atoms with E-state index in [9.17, 15) is 44.1 Å². The fraction of sp³-hybridized carbons (Fsp3) is 0.488. The van der Waals surface area contributed by atoms with E-state index in [4.69, 9.17) is 0 Å². The van der Waals surface area contributed by atoms with Gasteiger partial charge in [-0.2, -0.15) is 0 Å². The second-order valence-corrected chi connectivity index (χ2v) is 14.6. The molecule has 1 aromatic heterocycles. The normalized spacial score (nSPS) is 17.0. The summed E-state index contributed by atoms with van der Waals surface area (Å²) in [4.78, 5) is 88.6. The van der Waals surface area contributed by atoms with Crippen LogP contribution in [-0.2, 0) is 48.0 Å². The Balaban J connectivity index is 1.54. The highest BCUT2D eigenvalue weighted by molar-refractivity contribution is 5.96. The van der Waals surface area contributed by atoms with Crippen LogP contribution in [0, 0.1) is 11.8 Å². The molecule has 0 unspecified atom stereocenters. The lowest BCUT2D eigenvalue weighted by Crippen LogP contribution is -2.60. The van der Waals surface area contributed by atoms with E-state index >= 15 is 0 Å².